The highest BCUT2D eigenvalue weighted by Crippen LogP contribution is 2.27. The van der Waals surface area contributed by atoms with E-state index in [4.69, 9.17) is 4.84 Å². The maximum absolute atomic E-state index is 15.2. The van der Waals surface area contributed by atoms with Crippen LogP contribution in [0.4, 0.5) is 15.8 Å². The van der Waals surface area contributed by atoms with E-state index >= 15 is 4.39 Å². The summed E-state index contributed by atoms with van der Waals surface area (Å²) in [5.74, 6) is -2.07. The van der Waals surface area contributed by atoms with Crippen LogP contribution in [0.1, 0.15) is 36.7 Å². The number of hydrogen-bond acceptors (Lipinski definition) is 7. The summed E-state index contributed by atoms with van der Waals surface area (Å²) < 4.78 is 16.8. The molecule has 2 N–H and O–H groups in total. The Morgan fingerprint density at radius 3 is 2.41 bits per heavy atom. The summed E-state index contributed by atoms with van der Waals surface area (Å²) >= 11 is 0. The van der Waals surface area contributed by atoms with Crippen molar-refractivity contribution in [2.45, 2.75) is 33.4 Å². The first-order valence-electron chi connectivity index (χ1n) is 12.7. The topological polar surface area (TPSA) is 116 Å². The first kappa shape index (κ1) is 27.8. The number of fused-ring (bicyclic) bond motifs is 1. The van der Waals surface area contributed by atoms with Gasteiger partial charge in [-0.2, -0.15) is 0 Å². The number of benzene rings is 2. The lowest BCUT2D eigenvalue weighted by atomic mass is 10.1. The molecule has 10 nitrogen and oxygen atoms in total. The van der Waals surface area contributed by atoms with Crippen LogP contribution in [-0.2, 0) is 16.2 Å². The Morgan fingerprint density at radius 2 is 1.82 bits per heavy atom. The summed E-state index contributed by atoms with van der Waals surface area (Å²) in [7, 11) is 1.49. The lowest BCUT2D eigenvalue weighted by molar-refractivity contribution is -0.120. The average molecular weight is 538 g/mol. The van der Waals surface area contributed by atoms with Crippen molar-refractivity contribution in [1.82, 2.24) is 9.47 Å². The predicted octanol–water partition coefficient (Wildman–Crippen LogP) is 3.38. The van der Waals surface area contributed by atoms with Gasteiger partial charge in [0.25, 0.3) is 0 Å². The van der Waals surface area contributed by atoms with E-state index in [1.54, 1.807) is 10.6 Å². The lowest BCUT2D eigenvalue weighted by Crippen LogP contribution is -2.53. The molecular formula is C28H32FN5O5. The van der Waals surface area contributed by atoms with Crippen LogP contribution in [0.25, 0.3) is 10.9 Å². The summed E-state index contributed by atoms with van der Waals surface area (Å²) in [4.78, 5) is 45.7. The van der Waals surface area contributed by atoms with Crippen LogP contribution in [0.3, 0.4) is 0 Å². The summed E-state index contributed by atoms with van der Waals surface area (Å²) in [6.45, 7) is 7.96. The van der Waals surface area contributed by atoms with Crippen LogP contribution < -0.4 is 15.6 Å². The number of piperazine rings is 1. The fourth-order valence-electron chi connectivity index (χ4n) is 4.80. The molecule has 0 bridgehead atoms. The summed E-state index contributed by atoms with van der Waals surface area (Å²) in [5.41, 5.74) is 2.02. The van der Waals surface area contributed by atoms with Crippen molar-refractivity contribution in [2.24, 2.45) is 5.16 Å². The molecule has 11 heteroatoms. The predicted molar refractivity (Wildman–Crippen MR) is 148 cm³/mol. The number of aromatic carboxylic acids is 1. The average Bonchev–Trinajstić information content (AvgIpc) is 2.93. The van der Waals surface area contributed by atoms with Crippen molar-refractivity contribution in [2.75, 3.05) is 43.5 Å². The van der Waals surface area contributed by atoms with E-state index in [1.165, 1.54) is 13.3 Å². The number of rotatable bonds is 8. The van der Waals surface area contributed by atoms with Crippen molar-refractivity contribution in [1.29, 1.82) is 0 Å². The standard InChI is InChI=1S/C28H32FN5O5/c1-5-32-16-22(28(37)38)26(35)21-14-23(29)25(15-24(21)32)34-12-10-33(11-13-34)18(3)27(36)30-20-8-6-19(7-9-20)17(2)31-39-4/h6-9,14-16,18H,5,10-13H2,1-4H3,(H,30,36)(H,37,38)/b31-17+. The van der Waals surface area contributed by atoms with Gasteiger partial charge in [-0.15, -0.1) is 0 Å². The highest BCUT2D eigenvalue weighted by Gasteiger charge is 2.27. The van der Waals surface area contributed by atoms with Crippen molar-refractivity contribution in [3.8, 4) is 0 Å². The number of pyridine rings is 1. The van der Waals surface area contributed by atoms with Gasteiger partial charge in [-0.1, -0.05) is 17.3 Å². The molecule has 0 saturated carbocycles. The van der Waals surface area contributed by atoms with Crippen molar-refractivity contribution in [3.05, 3.63) is 69.8 Å². The minimum atomic E-state index is -1.34. The Morgan fingerprint density at radius 1 is 1.15 bits per heavy atom. The Hall–Kier alpha value is -4.25. The monoisotopic (exact) mass is 537 g/mol. The van der Waals surface area contributed by atoms with Gasteiger partial charge in [0.15, 0.2) is 0 Å². The molecule has 3 aromatic rings. The molecule has 1 saturated heterocycles. The Labute approximate surface area is 225 Å². The SMILES string of the molecule is CCn1cc(C(=O)O)c(=O)c2cc(F)c(N3CCN(C(C)C(=O)Nc4ccc(/C(C)=N/OC)cc4)CC3)cc21. The zero-order valence-corrected chi connectivity index (χ0v) is 22.4. The molecule has 1 unspecified atom stereocenters. The van der Waals surface area contributed by atoms with E-state index in [1.807, 2.05) is 54.8 Å². The number of nitrogens with one attached hydrogen (secondary N) is 1. The van der Waals surface area contributed by atoms with Gasteiger partial charge >= 0.3 is 5.97 Å². The van der Waals surface area contributed by atoms with Gasteiger partial charge in [-0.05, 0) is 50.6 Å². The second-order valence-corrected chi connectivity index (χ2v) is 9.41. The maximum Gasteiger partial charge on any atom is 0.341 e. The van der Waals surface area contributed by atoms with Gasteiger partial charge < -0.3 is 24.7 Å². The van der Waals surface area contributed by atoms with Gasteiger partial charge in [0.1, 0.15) is 18.5 Å². The van der Waals surface area contributed by atoms with E-state index in [0.29, 0.717) is 49.6 Å². The van der Waals surface area contributed by atoms with Gasteiger partial charge in [0.2, 0.25) is 11.3 Å². The number of hydrogen-bond donors (Lipinski definition) is 2. The van der Waals surface area contributed by atoms with Crippen molar-refractivity contribution >= 4 is 39.9 Å². The third kappa shape index (κ3) is 5.78. The molecule has 39 heavy (non-hydrogen) atoms. The molecule has 1 aliphatic rings. The quantitative estimate of drug-likeness (QED) is 0.334. The molecule has 1 aromatic heterocycles. The highest BCUT2D eigenvalue weighted by atomic mass is 19.1. The molecule has 1 aliphatic heterocycles. The van der Waals surface area contributed by atoms with Crippen molar-refractivity contribution < 1.29 is 23.9 Å². The number of amides is 1. The second kappa shape index (κ2) is 11.6. The molecule has 206 valence electrons. The molecule has 0 aliphatic carbocycles. The van der Waals surface area contributed by atoms with Crippen LogP contribution >= 0.6 is 0 Å². The van der Waals surface area contributed by atoms with Gasteiger partial charge in [-0.25, -0.2) is 9.18 Å². The molecule has 0 radical (unpaired) electrons. The molecule has 1 fully saturated rings. The Bertz CT molecular complexity index is 1480. The van der Waals surface area contributed by atoms with E-state index in [9.17, 15) is 19.5 Å². The van der Waals surface area contributed by atoms with Gasteiger partial charge in [0, 0.05) is 50.0 Å². The molecule has 4 rings (SSSR count). The second-order valence-electron chi connectivity index (χ2n) is 9.41. The number of oxime groups is 1. The number of carboxylic acids is 1. The van der Waals surface area contributed by atoms with Gasteiger partial charge in [-0.3, -0.25) is 14.5 Å². The number of aryl methyl sites for hydroxylation is 1. The molecule has 2 aromatic carbocycles. The van der Waals surface area contributed by atoms with Gasteiger partial charge in [0.05, 0.1) is 23.0 Å². The number of aromatic nitrogens is 1. The fourth-order valence-corrected chi connectivity index (χ4v) is 4.80. The summed E-state index contributed by atoms with van der Waals surface area (Å²) in [6.07, 6.45) is 1.30. The molecule has 0 spiro atoms. The normalized spacial score (nSPS) is 15.3. The van der Waals surface area contributed by atoms with Crippen LogP contribution in [-0.4, -0.2) is 71.5 Å². The van der Waals surface area contributed by atoms with E-state index in [2.05, 4.69) is 10.5 Å². The number of carbonyl (C=O) groups is 2. The summed E-state index contributed by atoms with van der Waals surface area (Å²) in [5, 5.41) is 16.2. The third-order valence-corrected chi connectivity index (χ3v) is 7.10. The molecule has 2 heterocycles. The number of nitrogens with zero attached hydrogens (tertiary/aromatic N) is 4. The third-order valence-electron chi connectivity index (χ3n) is 7.10. The molecular weight excluding hydrogens is 505 g/mol. The number of carboxylic acid groups (broad SMARTS) is 1. The van der Waals surface area contributed by atoms with E-state index in [-0.39, 0.29) is 16.9 Å². The first-order chi connectivity index (χ1) is 18.6. The Balaban J connectivity index is 1.44. The Kier molecular flexibility index (Phi) is 8.29. The van der Waals surface area contributed by atoms with Crippen LogP contribution in [0.15, 0.2) is 52.5 Å². The van der Waals surface area contributed by atoms with Crippen LogP contribution in [0.2, 0.25) is 0 Å². The highest BCUT2D eigenvalue weighted by molar-refractivity contribution is 5.99. The smallest absolute Gasteiger partial charge is 0.341 e. The van der Waals surface area contributed by atoms with Crippen LogP contribution in [0, 0.1) is 5.82 Å². The minimum absolute atomic E-state index is 0.0381. The van der Waals surface area contributed by atoms with Crippen molar-refractivity contribution in [3.63, 3.8) is 0 Å². The fraction of sp³-hybridized carbons (Fsp3) is 0.357. The molecule has 1 atom stereocenters. The largest absolute Gasteiger partial charge is 0.477 e. The molecule has 1 amide bonds. The first-order valence-corrected chi connectivity index (χ1v) is 12.7. The number of carbonyl (C=O) groups excluding carboxylic acids is 1. The lowest BCUT2D eigenvalue weighted by Gasteiger charge is -2.38. The summed E-state index contributed by atoms with van der Waals surface area (Å²) in [6, 6.07) is 9.67. The van der Waals surface area contributed by atoms with E-state index in [0.717, 1.165) is 17.3 Å². The minimum Gasteiger partial charge on any atom is -0.477 e. The maximum atomic E-state index is 15.2. The number of halogens is 1. The number of anilines is 2. The zero-order valence-electron chi connectivity index (χ0n) is 22.4. The van der Waals surface area contributed by atoms with E-state index < -0.39 is 23.3 Å². The zero-order chi connectivity index (χ0) is 28.3. The van der Waals surface area contributed by atoms with Crippen LogP contribution in [0.5, 0.6) is 0 Å².